The molecule has 0 amide bonds. The van der Waals surface area contributed by atoms with Crippen molar-refractivity contribution in [3.63, 3.8) is 0 Å². The van der Waals surface area contributed by atoms with E-state index in [2.05, 4.69) is 14.1 Å². The number of nitrogens with one attached hydrogen (secondary N) is 1. The Labute approximate surface area is 172 Å². The van der Waals surface area contributed by atoms with Crippen LogP contribution < -0.4 is 4.72 Å². The van der Waals surface area contributed by atoms with Crippen molar-refractivity contribution in [2.24, 2.45) is 11.4 Å². The Morgan fingerprint density at radius 3 is 2.86 bits per heavy atom. The van der Waals surface area contributed by atoms with Crippen LogP contribution >= 0.6 is 11.8 Å². The van der Waals surface area contributed by atoms with Crippen LogP contribution in [0.1, 0.15) is 37.4 Å². The molecule has 0 saturated carbocycles. The highest BCUT2D eigenvalue weighted by Crippen LogP contribution is 2.37. The molecule has 0 unspecified atom stereocenters. The maximum atomic E-state index is 12.3. The number of amidine groups is 1. The lowest BCUT2D eigenvalue weighted by Crippen LogP contribution is -2.48. The molecular formula is C17H20N6O4S2. The normalized spacial score (nSPS) is 21.2. The van der Waals surface area contributed by atoms with Gasteiger partial charge < -0.3 is 9.47 Å². The standard InChI is InChI=1S/C17H20N6O4S2/c1-21-10-8-18-17(21)28-14-7-6-12(11-13(14)23(24)25)16-20-29(26,27)19-15-5-3-2-4-9-22(15)16/h6-8,10-11,16,20H,2-5,9H2,1H3/t16-/m0/s1. The molecule has 1 atom stereocenters. The molecule has 0 radical (unpaired) electrons. The summed E-state index contributed by atoms with van der Waals surface area (Å²) in [5.74, 6) is 0.514. The third-order valence-corrected chi connectivity index (χ3v) is 7.02. The smallest absolute Gasteiger partial charge is 0.323 e. The van der Waals surface area contributed by atoms with Gasteiger partial charge in [-0.3, -0.25) is 10.1 Å². The summed E-state index contributed by atoms with van der Waals surface area (Å²) < 4.78 is 32.7. The Balaban J connectivity index is 1.72. The molecule has 29 heavy (non-hydrogen) atoms. The molecule has 10 nitrogen and oxygen atoms in total. The van der Waals surface area contributed by atoms with Crippen LogP contribution in [0, 0.1) is 10.1 Å². The average molecular weight is 437 g/mol. The van der Waals surface area contributed by atoms with Crippen molar-refractivity contribution < 1.29 is 13.3 Å². The van der Waals surface area contributed by atoms with Gasteiger partial charge in [-0.2, -0.15) is 13.1 Å². The highest BCUT2D eigenvalue weighted by Gasteiger charge is 2.35. The van der Waals surface area contributed by atoms with Gasteiger partial charge in [0.25, 0.3) is 5.69 Å². The first-order valence-corrected chi connectivity index (χ1v) is 11.4. The Morgan fingerprint density at radius 2 is 2.14 bits per heavy atom. The summed E-state index contributed by atoms with van der Waals surface area (Å²) in [5, 5.41) is 12.4. The second-order valence-corrected chi connectivity index (χ2v) is 9.29. The van der Waals surface area contributed by atoms with Crippen LogP contribution in [0.5, 0.6) is 0 Å². The lowest BCUT2D eigenvalue weighted by Gasteiger charge is -2.36. The van der Waals surface area contributed by atoms with E-state index < -0.39 is 21.3 Å². The predicted molar refractivity (Wildman–Crippen MR) is 108 cm³/mol. The van der Waals surface area contributed by atoms with E-state index >= 15 is 0 Å². The van der Waals surface area contributed by atoms with Gasteiger partial charge >= 0.3 is 10.2 Å². The first-order chi connectivity index (χ1) is 13.8. The topological polar surface area (TPSA) is 123 Å². The molecule has 0 spiro atoms. The van der Waals surface area contributed by atoms with Gasteiger partial charge in [-0.25, -0.2) is 4.98 Å². The number of aromatic nitrogens is 2. The fourth-order valence-corrected chi connectivity index (χ4v) is 5.45. The van der Waals surface area contributed by atoms with E-state index in [1.807, 2.05) is 11.9 Å². The summed E-state index contributed by atoms with van der Waals surface area (Å²) in [6.45, 7) is 0.642. The number of rotatable bonds is 4. The van der Waals surface area contributed by atoms with Gasteiger partial charge in [0.1, 0.15) is 12.0 Å². The van der Waals surface area contributed by atoms with Crippen molar-refractivity contribution in [1.29, 1.82) is 0 Å². The van der Waals surface area contributed by atoms with E-state index in [0.717, 1.165) is 19.3 Å². The first-order valence-electron chi connectivity index (χ1n) is 9.15. The second-order valence-electron chi connectivity index (χ2n) is 6.91. The van der Waals surface area contributed by atoms with Crippen LogP contribution in [0.25, 0.3) is 0 Å². The lowest BCUT2D eigenvalue weighted by atomic mass is 10.1. The van der Waals surface area contributed by atoms with Gasteiger partial charge in [0.2, 0.25) is 0 Å². The van der Waals surface area contributed by atoms with E-state index in [1.54, 1.807) is 29.1 Å². The van der Waals surface area contributed by atoms with Gasteiger partial charge in [0.05, 0.1) is 9.82 Å². The van der Waals surface area contributed by atoms with Gasteiger partial charge in [-0.1, -0.05) is 12.5 Å². The van der Waals surface area contributed by atoms with Crippen LogP contribution in [0.15, 0.2) is 45.0 Å². The maximum Gasteiger partial charge on any atom is 0.323 e. The first kappa shape index (κ1) is 19.9. The fourth-order valence-electron chi connectivity index (χ4n) is 3.49. The molecule has 4 rings (SSSR count). The van der Waals surface area contributed by atoms with Crippen LogP contribution in [0.3, 0.4) is 0 Å². The van der Waals surface area contributed by atoms with Gasteiger partial charge in [-0.05, 0) is 36.2 Å². The molecule has 1 fully saturated rings. The van der Waals surface area contributed by atoms with Crippen LogP contribution in [-0.2, 0) is 17.3 Å². The van der Waals surface area contributed by atoms with Crippen LogP contribution in [0.4, 0.5) is 5.69 Å². The molecule has 154 valence electrons. The molecule has 2 aromatic rings. The summed E-state index contributed by atoms with van der Waals surface area (Å²) in [6, 6.07) is 4.80. The van der Waals surface area contributed by atoms with E-state index in [1.165, 1.54) is 17.8 Å². The van der Waals surface area contributed by atoms with Crippen LogP contribution in [0.2, 0.25) is 0 Å². The number of nitro benzene ring substituents is 1. The number of hydrogen-bond acceptors (Lipinski definition) is 7. The van der Waals surface area contributed by atoms with Crippen molar-refractivity contribution in [3.05, 3.63) is 46.3 Å². The van der Waals surface area contributed by atoms with Gasteiger partial charge in [0, 0.05) is 38.5 Å². The van der Waals surface area contributed by atoms with Crippen LogP contribution in [-0.4, -0.2) is 40.2 Å². The molecule has 0 bridgehead atoms. The minimum atomic E-state index is -3.85. The monoisotopic (exact) mass is 436 g/mol. The van der Waals surface area contributed by atoms with Crippen molar-refractivity contribution in [2.75, 3.05) is 6.54 Å². The van der Waals surface area contributed by atoms with Gasteiger partial charge in [0.15, 0.2) is 5.16 Å². The zero-order valence-electron chi connectivity index (χ0n) is 15.7. The Bertz CT molecular complexity index is 1080. The predicted octanol–water partition coefficient (Wildman–Crippen LogP) is 2.60. The molecule has 1 N–H and O–H groups in total. The largest absolute Gasteiger partial charge is 0.339 e. The van der Waals surface area contributed by atoms with Crippen molar-refractivity contribution in [3.8, 4) is 0 Å². The molecular weight excluding hydrogens is 416 g/mol. The summed E-state index contributed by atoms with van der Waals surface area (Å²) in [6.07, 6.45) is 6.02. The highest BCUT2D eigenvalue weighted by atomic mass is 32.2. The Morgan fingerprint density at radius 1 is 1.31 bits per heavy atom. The van der Waals surface area contributed by atoms with Crippen molar-refractivity contribution in [2.45, 2.75) is 41.9 Å². The lowest BCUT2D eigenvalue weighted by molar-refractivity contribution is -0.387. The molecule has 0 aliphatic carbocycles. The molecule has 2 aliphatic rings. The quantitative estimate of drug-likeness (QED) is 0.577. The Kier molecular flexibility index (Phi) is 5.32. The SMILES string of the molecule is Cn1ccnc1Sc1ccc([C@H]2NS(=O)(=O)N=C3CCCCCN32)cc1[N+](=O)[O-]. The number of fused-ring (bicyclic) bond motifs is 1. The number of nitro groups is 1. The number of hydrogen-bond donors (Lipinski definition) is 1. The zero-order chi connectivity index (χ0) is 20.6. The molecule has 12 heteroatoms. The third kappa shape index (κ3) is 4.14. The molecule has 1 aromatic carbocycles. The third-order valence-electron chi connectivity index (χ3n) is 4.90. The summed E-state index contributed by atoms with van der Waals surface area (Å²) >= 11 is 1.19. The Hall–Kier alpha value is -2.44. The number of imidazole rings is 1. The fraction of sp³-hybridized carbons (Fsp3) is 0.412. The summed E-state index contributed by atoms with van der Waals surface area (Å²) in [4.78, 5) is 17.8. The summed E-state index contributed by atoms with van der Waals surface area (Å²) in [5.41, 5.74) is 0.423. The van der Waals surface area contributed by atoms with E-state index in [-0.39, 0.29) is 5.69 Å². The number of aryl methyl sites for hydroxylation is 1. The highest BCUT2D eigenvalue weighted by molar-refractivity contribution is 7.99. The molecule has 2 aliphatic heterocycles. The average Bonchev–Trinajstić information content (AvgIpc) is 2.92. The number of benzene rings is 1. The molecule has 1 aromatic heterocycles. The minimum Gasteiger partial charge on any atom is -0.339 e. The van der Waals surface area contributed by atoms with Crippen molar-refractivity contribution >= 4 is 33.5 Å². The van der Waals surface area contributed by atoms with E-state index in [9.17, 15) is 18.5 Å². The molecule has 3 heterocycles. The van der Waals surface area contributed by atoms with Gasteiger partial charge in [-0.15, -0.1) is 4.40 Å². The second kappa shape index (κ2) is 7.76. The van der Waals surface area contributed by atoms with Crippen molar-refractivity contribution in [1.82, 2.24) is 19.2 Å². The summed E-state index contributed by atoms with van der Waals surface area (Å²) in [7, 11) is -2.04. The van der Waals surface area contributed by atoms with E-state index in [0.29, 0.717) is 34.4 Å². The zero-order valence-corrected chi connectivity index (χ0v) is 17.3. The maximum absolute atomic E-state index is 12.3. The molecule has 1 saturated heterocycles. The minimum absolute atomic E-state index is 0.0893. The number of nitrogens with zero attached hydrogens (tertiary/aromatic N) is 5. The van der Waals surface area contributed by atoms with E-state index in [4.69, 9.17) is 0 Å².